The van der Waals surface area contributed by atoms with Crippen LogP contribution in [0, 0.1) is 0 Å². The summed E-state index contributed by atoms with van der Waals surface area (Å²) in [6, 6.07) is 20.9. The van der Waals surface area contributed by atoms with E-state index in [0.29, 0.717) is 22.4 Å². The number of fused-ring (bicyclic) bond motifs is 1. The zero-order valence-electron chi connectivity index (χ0n) is 15.7. The Hall–Kier alpha value is -3.40. The molecule has 0 spiro atoms. The lowest BCUT2D eigenvalue weighted by Crippen LogP contribution is -1.99. The molecule has 0 bridgehead atoms. The van der Waals surface area contributed by atoms with Crippen molar-refractivity contribution >= 4 is 16.9 Å². The number of aromatic nitrogens is 1. The molecule has 0 aliphatic heterocycles. The van der Waals surface area contributed by atoms with Gasteiger partial charge in [0.05, 0.1) is 11.1 Å². The van der Waals surface area contributed by atoms with Crippen molar-refractivity contribution in [1.82, 2.24) is 4.98 Å². The molecular weight excluding hydrogens is 350 g/mol. The molecule has 140 valence electrons. The second-order valence-corrected chi connectivity index (χ2v) is 6.84. The van der Waals surface area contributed by atoms with Crippen molar-refractivity contribution in [2.24, 2.45) is 0 Å². The van der Waals surface area contributed by atoms with Crippen molar-refractivity contribution in [3.8, 4) is 22.8 Å². The number of nitrogens with zero attached hydrogens (tertiary/aromatic N) is 1. The number of rotatable bonds is 6. The Bertz CT molecular complexity index is 1130. The van der Waals surface area contributed by atoms with Crippen LogP contribution >= 0.6 is 0 Å². The van der Waals surface area contributed by atoms with Crippen LogP contribution in [0.3, 0.4) is 0 Å². The zero-order valence-corrected chi connectivity index (χ0v) is 15.7. The van der Waals surface area contributed by atoms with Gasteiger partial charge in [0.25, 0.3) is 0 Å². The van der Waals surface area contributed by atoms with Crippen molar-refractivity contribution in [3.63, 3.8) is 0 Å². The van der Waals surface area contributed by atoms with Crippen LogP contribution in [-0.4, -0.2) is 16.1 Å². The van der Waals surface area contributed by atoms with Crippen LogP contribution in [0.4, 0.5) is 0 Å². The van der Waals surface area contributed by atoms with Crippen molar-refractivity contribution < 1.29 is 14.3 Å². The Morgan fingerprint density at radius 2 is 1.75 bits per heavy atom. The van der Waals surface area contributed by atoms with Crippen LogP contribution in [0.15, 0.2) is 71.1 Å². The van der Waals surface area contributed by atoms with Gasteiger partial charge in [0.15, 0.2) is 5.76 Å². The predicted molar refractivity (Wildman–Crippen MR) is 110 cm³/mol. The first-order chi connectivity index (χ1) is 13.7. The van der Waals surface area contributed by atoms with Crippen molar-refractivity contribution in [2.75, 3.05) is 0 Å². The van der Waals surface area contributed by atoms with E-state index in [4.69, 9.17) is 4.42 Å². The molecule has 4 heteroatoms. The summed E-state index contributed by atoms with van der Waals surface area (Å²) in [4.78, 5) is 16.3. The van der Waals surface area contributed by atoms with E-state index < -0.39 is 5.97 Å². The Morgan fingerprint density at radius 1 is 1.00 bits per heavy atom. The van der Waals surface area contributed by atoms with Crippen molar-refractivity contribution in [2.45, 2.75) is 26.2 Å². The molecule has 0 fully saturated rings. The van der Waals surface area contributed by atoms with E-state index in [9.17, 15) is 9.90 Å². The lowest BCUT2D eigenvalue weighted by Gasteiger charge is -2.05. The maximum Gasteiger partial charge on any atom is 0.336 e. The molecule has 0 radical (unpaired) electrons. The summed E-state index contributed by atoms with van der Waals surface area (Å²) in [5.41, 5.74) is 3.68. The molecule has 2 aromatic carbocycles. The number of furan rings is 1. The number of aryl methyl sites for hydroxylation is 1. The highest BCUT2D eigenvalue weighted by Crippen LogP contribution is 2.30. The number of unbranched alkanes of at least 4 members (excludes halogenated alkanes) is 1. The fraction of sp³-hybridized carbons (Fsp3) is 0.167. The number of para-hydroxylation sites is 1. The maximum atomic E-state index is 11.7. The topological polar surface area (TPSA) is 63.3 Å². The van der Waals surface area contributed by atoms with Gasteiger partial charge in [-0.15, -0.1) is 0 Å². The van der Waals surface area contributed by atoms with Crippen LogP contribution in [0.2, 0.25) is 0 Å². The fourth-order valence-corrected chi connectivity index (χ4v) is 3.33. The van der Waals surface area contributed by atoms with Gasteiger partial charge in [-0.3, -0.25) is 0 Å². The molecule has 0 amide bonds. The molecule has 0 saturated heterocycles. The molecule has 0 unspecified atom stereocenters. The highest BCUT2D eigenvalue weighted by molar-refractivity contribution is 6.03. The molecule has 28 heavy (non-hydrogen) atoms. The SMILES string of the molecule is CCCCc1ccc(-c2ccc(-c3cc(C(=O)O)c4ccccc4n3)o2)cc1. The van der Waals surface area contributed by atoms with Crippen molar-refractivity contribution in [3.05, 3.63) is 77.9 Å². The summed E-state index contributed by atoms with van der Waals surface area (Å²) in [6.07, 6.45) is 3.45. The normalized spacial score (nSPS) is 11.0. The van der Waals surface area contributed by atoms with Gasteiger partial charge in [-0.25, -0.2) is 9.78 Å². The van der Waals surface area contributed by atoms with E-state index in [1.807, 2.05) is 30.3 Å². The van der Waals surface area contributed by atoms with Crippen LogP contribution in [0.1, 0.15) is 35.7 Å². The molecule has 4 rings (SSSR count). The van der Waals surface area contributed by atoms with E-state index in [-0.39, 0.29) is 5.56 Å². The first-order valence-corrected chi connectivity index (χ1v) is 9.48. The predicted octanol–water partition coefficient (Wildman–Crippen LogP) is 6.20. The summed E-state index contributed by atoms with van der Waals surface area (Å²) in [5.74, 6) is 0.316. The van der Waals surface area contributed by atoms with E-state index in [0.717, 1.165) is 17.7 Å². The average Bonchev–Trinajstić information content (AvgIpc) is 3.22. The molecule has 4 aromatic rings. The summed E-state index contributed by atoms with van der Waals surface area (Å²) < 4.78 is 6.00. The van der Waals surface area contributed by atoms with E-state index in [1.165, 1.54) is 18.4 Å². The largest absolute Gasteiger partial charge is 0.478 e. The fourth-order valence-electron chi connectivity index (χ4n) is 3.33. The maximum absolute atomic E-state index is 11.7. The third kappa shape index (κ3) is 3.54. The Kier molecular flexibility index (Phi) is 4.94. The second kappa shape index (κ2) is 7.69. The minimum Gasteiger partial charge on any atom is -0.478 e. The number of hydrogen-bond acceptors (Lipinski definition) is 3. The number of pyridine rings is 1. The third-order valence-corrected chi connectivity index (χ3v) is 4.86. The number of carboxylic acid groups (broad SMARTS) is 1. The highest BCUT2D eigenvalue weighted by atomic mass is 16.4. The number of hydrogen-bond donors (Lipinski definition) is 1. The van der Waals surface area contributed by atoms with E-state index in [1.54, 1.807) is 12.1 Å². The van der Waals surface area contributed by atoms with Gasteiger partial charge in [-0.05, 0) is 42.7 Å². The molecule has 0 saturated carbocycles. The smallest absolute Gasteiger partial charge is 0.336 e. The van der Waals surface area contributed by atoms with Gasteiger partial charge < -0.3 is 9.52 Å². The van der Waals surface area contributed by atoms with E-state index in [2.05, 4.69) is 36.2 Å². The standard InChI is InChI=1S/C24H21NO3/c1-2-3-6-16-9-11-17(12-10-16)22-13-14-23(28-22)21-15-19(24(26)27)18-7-4-5-8-20(18)25-21/h4-5,7-15H,2-3,6H2,1H3,(H,26,27). The zero-order chi connectivity index (χ0) is 19.5. The third-order valence-electron chi connectivity index (χ3n) is 4.86. The Balaban J connectivity index is 1.68. The molecule has 0 aliphatic carbocycles. The van der Waals surface area contributed by atoms with E-state index >= 15 is 0 Å². The van der Waals surface area contributed by atoms with Gasteiger partial charge in [-0.1, -0.05) is 55.8 Å². The summed E-state index contributed by atoms with van der Waals surface area (Å²) in [5, 5.41) is 10.2. The first-order valence-electron chi connectivity index (χ1n) is 9.48. The van der Waals surface area contributed by atoms with Gasteiger partial charge >= 0.3 is 5.97 Å². The lowest BCUT2D eigenvalue weighted by atomic mass is 10.1. The number of carbonyl (C=O) groups is 1. The molecule has 2 heterocycles. The first kappa shape index (κ1) is 18.0. The minimum absolute atomic E-state index is 0.221. The van der Waals surface area contributed by atoms with Crippen LogP contribution in [-0.2, 0) is 6.42 Å². The average molecular weight is 371 g/mol. The molecule has 2 aromatic heterocycles. The molecule has 0 aliphatic rings. The van der Waals surface area contributed by atoms with Gasteiger partial charge in [0.2, 0.25) is 0 Å². The van der Waals surface area contributed by atoms with Gasteiger partial charge in [-0.2, -0.15) is 0 Å². The molecule has 0 atom stereocenters. The Morgan fingerprint density at radius 3 is 2.50 bits per heavy atom. The molecule has 1 N–H and O–H groups in total. The quantitative estimate of drug-likeness (QED) is 0.438. The number of carboxylic acids is 1. The summed E-state index contributed by atoms with van der Waals surface area (Å²) in [7, 11) is 0. The van der Waals surface area contributed by atoms with Crippen LogP contribution in [0.5, 0.6) is 0 Å². The second-order valence-electron chi connectivity index (χ2n) is 6.84. The van der Waals surface area contributed by atoms with Crippen molar-refractivity contribution in [1.29, 1.82) is 0 Å². The summed E-state index contributed by atoms with van der Waals surface area (Å²) in [6.45, 7) is 2.19. The summed E-state index contributed by atoms with van der Waals surface area (Å²) >= 11 is 0. The van der Waals surface area contributed by atoms with Gasteiger partial charge in [0, 0.05) is 10.9 Å². The lowest BCUT2D eigenvalue weighted by molar-refractivity contribution is 0.0699. The van der Waals surface area contributed by atoms with Crippen LogP contribution in [0.25, 0.3) is 33.7 Å². The molecular formula is C24H21NO3. The van der Waals surface area contributed by atoms with Crippen LogP contribution < -0.4 is 0 Å². The highest BCUT2D eigenvalue weighted by Gasteiger charge is 2.15. The number of benzene rings is 2. The Labute approximate surface area is 163 Å². The molecule has 4 nitrogen and oxygen atoms in total. The number of aromatic carboxylic acids is 1. The van der Waals surface area contributed by atoms with Gasteiger partial charge in [0.1, 0.15) is 11.5 Å². The monoisotopic (exact) mass is 371 g/mol. The minimum atomic E-state index is -0.978.